The summed E-state index contributed by atoms with van der Waals surface area (Å²) in [5.74, 6) is 1.25. The Labute approximate surface area is 93.2 Å². The van der Waals surface area contributed by atoms with Crippen LogP contribution >= 0.6 is 0 Å². The van der Waals surface area contributed by atoms with Gasteiger partial charge in [0.05, 0.1) is 0 Å². The van der Waals surface area contributed by atoms with Crippen LogP contribution in [0, 0.1) is 11.8 Å². The number of carbonyl (C=O) groups excluding carboxylic acids is 1. The Hall–Kier alpha value is -0.730. The van der Waals surface area contributed by atoms with Crippen LogP contribution in [0.1, 0.15) is 41.0 Å². The van der Waals surface area contributed by atoms with Crippen molar-refractivity contribution in [1.82, 2.24) is 10.2 Å². The number of hydrogen-bond acceptors (Lipinski definition) is 1. The molecule has 1 aliphatic heterocycles. The summed E-state index contributed by atoms with van der Waals surface area (Å²) in [6.07, 6.45) is 1.24. The molecule has 1 aliphatic rings. The first-order chi connectivity index (χ1) is 6.78. The summed E-state index contributed by atoms with van der Waals surface area (Å²) in [7, 11) is 0. The molecule has 1 rings (SSSR count). The Morgan fingerprint density at radius 3 is 2.07 bits per heavy atom. The van der Waals surface area contributed by atoms with Gasteiger partial charge < -0.3 is 10.2 Å². The maximum absolute atomic E-state index is 11.9. The summed E-state index contributed by atoms with van der Waals surface area (Å²) in [6, 6.07) is 0.0842. The lowest BCUT2D eigenvalue weighted by atomic mass is 9.92. The van der Waals surface area contributed by atoms with Crippen LogP contribution in [-0.2, 0) is 0 Å². The van der Waals surface area contributed by atoms with E-state index in [9.17, 15) is 4.79 Å². The summed E-state index contributed by atoms with van der Waals surface area (Å²) >= 11 is 0. The van der Waals surface area contributed by atoms with E-state index in [2.05, 4.69) is 19.2 Å². The molecule has 0 aromatic rings. The van der Waals surface area contributed by atoms with Crippen molar-refractivity contribution in [2.75, 3.05) is 13.1 Å². The zero-order valence-electron chi connectivity index (χ0n) is 10.6. The highest BCUT2D eigenvalue weighted by Crippen LogP contribution is 2.21. The molecule has 2 unspecified atom stereocenters. The summed E-state index contributed by atoms with van der Waals surface area (Å²) in [6.45, 7) is 12.3. The van der Waals surface area contributed by atoms with Crippen molar-refractivity contribution in [1.29, 1.82) is 0 Å². The molecule has 1 heterocycles. The molecule has 15 heavy (non-hydrogen) atoms. The molecule has 1 saturated heterocycles. The minimum atomic E-state index is -0.138. The molecule has 3 nitrogen and oxygen atoms in total. The van der Waals surface area contributed by atoms with Crippen LogP contribution in [0.15, 0.2) is 0 Å². The third kappa shape index (κ3) is 4.10. The molecule has 0 aliphatic carbocycles. The maximum Gasteiger partial charge on any atom is 0.317 e. The van der Waals surface area contributed by atoms with Gasteiger partial charge in [-0.05, 0) is 39.0 Å². The Bertz CT molecular complexity index is 222. The number of nitrogens with one attached hydrogen (secondary N) is 1. The Morgan fingerprint density at radius 2 is 1.67 bits per heavy atom. The zero-order valence-corrected chi connectivity index (χ0v) is 10.6. The maximum atomic E-state index is 11.9. The average molecular weight is 212 g/mol. The third-order valence-electron chi connectivity index (χ3n) is 2.64. The predicted molar refractivity (Wildman–Crippen MR) is 62.8 cm³/mol. The highest BCUT2D eigenvalue weighted by atomic mass is 16.2. The Kier molecular flexibility index (Phi) is 3.63. The molecule has 88 valence electrons. The van der Waals surface area contributed by atoms with Crippen LogP contribution in [0.2, 0.25) is 0 Å². The van der Waals surface area contributed by atoms with Gasteiger partial charge in [-0.15, -0.1) is 0 Å². The summed E-state index contributed by atoms with van der Waals surface area (Å²) in [4.78, 5) is 13.9. The normalized spacial score (nSPS) is 27.7. The molecule has 0 bridgehead atoms. The lowest BCUT2D eigenvalue weighted by Crippen LogP contribution is -2.52. The van der Waals surface area contributed by atoms with Crippen LogP contribution < -0.4 is 5.32 Å². The molecule has 3 heteroatoms. The van der Waals surface area contributed by atoms with Crippen molar-refractivity contribution in [3.05, 3.63) is 0 Å². The summed E-state index contributed by atoms with van der Waals surface area (Å²) in [5.41, 5.74) is -0.138. The number of likely N-dealkylation sites (tertiary alicyclic amines) is 1. The van der Waals surface area contributed by atoms with Crippen molar-refractivity contribution < 1.29 is 4.79 Å². The van der Waals surface area contributed by atoms with Crippen LogP contribution in [0.5, 0.6) is 0 Å². The molecule has 2 amide bonds. The topological polar surface area (TPSA) is 32.3 Å². The SMILES string of the molecule is CC1CC(C)CN(C(=O)NC(C)(C)C)C1. The number of carbonyl (C=O) groups is 1. The third-order valence-corrected chi connectivity index (χ3v) is 2.64. The number of rotatable bonds is 0. The molecule has 0 aromatic carbocycles. The van der Waals surface area contributed by atoms with Crippen molar-refractivity contribution in [3.63, 3.8) is 0 Å². The number of urea groups is 1. The smallest absolute Gasteiger partial charge is 0.317 e. The molecule has 0 spiro atoms. The fourth-order valence-corrected chi connectivity index (χ4v) is 2.23. The van der Waals surface area contributed by atoms with Gasteiger partial charge in [0.1, 0.15) is 0 Å². The highest BCUT2D eigenvalue weighted by molar-refractivity contribution is 5.75. The van der Waals surface area contributed by atoms with Crippen molar-refractivity contribution in [2.24, 2.45) is 11.8 Å². The van der Waals surface area contributed by atoms with Gasteiger partial charge in [0.25, 0.3) is 0 Å². The van der Waals surface area contributed by atoms with Gasteiger partial charge >= 0.3 is 6.03 Å². The molecular formula is C12H24N2O. The monoisotopic (exact) mass is 212 g/mol. The number of amides is 2. The van der Waals surface area contributed by atoms with Crippen LogP contribution in [0.25, 0.3) is 0 Å². The van der Waals surface area contributed by atoms with E-state index in [0.717, 1.165) is 13.1 Å². The van der Waals surface area contributed by atoms with Crippen molar-refractivity contribution >= 4 is 6.03 Å². The quantitative estimate of drug-likeness (QED) is 0.657. The van der Waals surface area contributed by atoms with Gasteiger partial charge in [-0.3, -0.25) is 0 Å². The van der Waals surface area contributed by atoms with E-state index in [0.29, 0.717) is 11.8 Å². The fourth-order valence-electron chi connectivity index (χ4n) is 2.23. The number of hydrogen-bond donors (Lipinski definition) is 1. The first-order valence-corrected chi connectivity index (χ1v) is 5.85. The minimum Gasteiger partial charge on any atom is -0.333 e. The Morgan fingerprint density at radius 1 is 1.20 bits per heavy atom. The van der Waals surface area contributed by atoms with Crippen LogP contribution in [0.4, 0.5) is 4.79 Å². The van der Waals surface area contributed by atoms with Crippen LogP contribution in [-0.4, -0.2) is 29.6 Å². The second-order valence-electron chi connectivity index (χ2n) is 6.03. The van der Waals surface area contributed by atoms with Gasteiger partial charge in [0.15, 0.2) is 0 Å². The second kappa shape index (κ2) is 4.42. The Balaban J connectivity index is 2.52. The molecule has 1 N–H and O–H groups in total. The molecule has 1 fully saturated rings. The molecule has 0 saturated carbocycles. The van der Waals surface area contributed by atoms with E-state index in [1.165, 1.54) is 6.42 Å². The largest absolute Gasteiger partial charge is 0.333 e. The predicted octanol–water partition coefficient (Wildman–Crippen LogP) is 2.47. The lowest BCUT2D eigenvalue weighted by molar-refractivity contribution is 0.140. The highest BCUT2D eigenvalue weighted by Gasteiger charge is 2.27. The fraction of sp³-hybridized carbons (Fsp3) is 0.917. The summed E-state index contributed by atoms with van der Waals surface area (Å²) < 4.78 is 0. The van der Waals surface area contributed by atoms with Crippen LogP contribution in [0.3, 0.4) is 0 Å². The molecular weight excluding hydrogens is 188 g/mol. The molecule has 0 aromatic heterocycles. The second-order valence-corrected chi connectivity index (χ2v) is 6.03. The average Bonchev–Trinajstić information content (AvgIpc) is 1.98. The molecule has 0 radical (unpaired) electrons. The van der Waals surface area contributed by atoms with E-state index >= 15 is 0 Å². The van der Waals surface area contributed by atoms with Gasteiger partial charge in [-0.25, -0.2) is 4.79 Å². The van der Waals surface area contributed by atoms with E-state index < -0.39 is 0 Å². The van der Waals surface area contributed by atoms with Gasteiger partial charge in [-0.2, -0.15) is 0 Å². The van der Waals surface area contributed by atoms with E-state index in [-0.39, 0.29) is 11.6 Å². The van der Waals surface area contributed by atoms with E-state index in [4.69, 9.17) is 0 Å². The first-order valence-electron chi connectivity index (χ1n) is 5.85. The van der Waals surface area contributed by atoms with E-state index in [1.54, 1.807) is 0 Å². The number of piperidine rings is 1. The number of nitrogens with zero attached hydrogens (tertiary/aromatic N) is 1. The van der Waals surface area contributed by atoms with Gasteiger partial charge in [0.2, 0.25) is 0 Å². The lowest BCUT2D eigenvalue weighted by Gasteiger charge is -2.36. The zero-order chi connectivity index (χ0) is 11.6. The van der Waals surface area contributed by atoms with Crippen molar-refractivity contribution in [3.8, 4) is 0 Å². The standard InChI is InChI=1S/C12H24N2O/c1-9-6-10(2)8-14(7-9)11(15)13-12(3,4)5/h9-10H,6-8H2,1-5H3,(H,13,15). The summed E-state index contributed by atoms with van der Waals surface area (Å²) in [5, 5.41) is 3.02. The van der Waals surface area contributed by atoms with Gasteiger partial charge in [-0.1, -0.05) is 13.8 Å². The van der Waals surface area contributed by atoms with Gasteiger partial charge in [0, 0.05) is 18.6 Å². The first kappa shape index (κ1) is 12.3. The van der Waals surface area contributed by atoms with E-state index in [1.807, 2.05) is 25.7 Å². The van der Waals surface area contributed by atoms with Crippen molar-refractivity contribution in [2.45, 2.75) is 46.6 Å². The minimum absolute atomic E-state index is 0.0842. The molecule has 2 atom stereocenters.